The van der Waals surface area contributed by atoms with Crippen molar-refractivity contribution in [2.75, 3.05) is 39.5 Å². The largest absolute Gasteiger partial charge is 0.387 e. The Kier molecular flexibility index (Phi) is 5.52. The van der Waals surface area contributed by atoms with Gasteiger partial charge in [0.25, 0.3) is 0 Å². The maximum Gasteiger partial charge on any atom is 0.164 e. The van der Waals surface area contributed by atoms with Crippen LogP contribution < -0.4 is 5.73 Å². The molecule has 0 saturated carbocycles. The Hall–Kier alpha value is -1.78. The van der Waals surface area contributed by atoms with Crippen molar-refractivity contribution in [3.05, 3.63) is 18.6 Å². The Bertz CT molecular complexity index is 812. The summed E-state index contributed by atoms with van der Waals surface area (Å²) < 4.78 is 7.85. The molecule has 9 heteroatoms. The number of rotatable bonds is 6. The summed E-state index contributed by atoms with van der Waals surface area (Å²) in [7, 11) is 4.17. The number of aromatic nitrogens is 3. The van der Waals surface area contributed by atoms with E-state index in [1.165, 1.54) is 12.7 Å². The van der Waals surface area contributed by atoms with Gasteiger partial charge in [-0.2, -0.15) is 0 Å². The maximum atomic E-state index is 10.6. The van der Waals surface area contributed by atoms with E-state index >= 15 is 0 Å². The van der Waals surface area contributed by atoms with Crippen LogP contribution >= 0.6 is 0 Å². The highest BCUT2D eigenvalue weighted by Crippen LogP contribution is 2.34. The summed E-state index contributed by atoms with van der Waals surface area (Å²) in [4.78, 5) is 12.9. The van der Waals surface area contributed by atoms with Gasteiger partial charge in [0.1, 0.15) is 36.1 Å². The molecule has 9 nitrogen and oxygen atoms in total. The Labute approximate surface area is 164 Å². The van der Waals surface area contributed by atoms with Gasteiger partial charge in [0.15, 0.2) is 6.23 Å². The number of hydrogen-bond donors (Lipinski definition) is 3. The number of nitrogen functional groups attached to an aromatic ring is 1. The minimum absolute atomic E-state index is 0.383. The average molecular weight is 390 g/mol. The van der Waals surface area contributed by atoms with Crippen LogP contribution in [0.5, 0.6) is 0 Å². The van der Waals surface area contributed by atoms with Gasteiger partial charge in [-0.1, -0.05) is 0 Å². The molecular weight excluding hydrogens is 360 g/mol. The van der Waals surface area contributed by atoms with Crippen molar-refractivity contribution in [1.82, 2.24) is 24.3 Å². The van der Waals surface area contributed by atoms with Crippen molar-refractivity contribution in [3.63, 3.8) is 0 Å². The number of fused-ring (bicyclic) bond motifs is 1. The summed E-state index contributed by atoms with van der Waals surface area (Å²) in [6, 6.07) is 2.30. The fourth-order valence-electron chi connectivity index (χ4n) is 4.41. The summed E-state index contributed by atoms with van der Waals surface area (Å²) in [6.45, 7) is 2.65. The molecule has 5 atom stereocenters. The zero-order valence-electron chi connectivity index (χ0n) is 16.5. The molecule has 0 aromatic carbocycles. The normalized spacial score (nSPS) is 31.4. The van der Waals surface area contributed by atoms with Crippen molar-refractivity contribution in [3.8, 4) is 0 Å². The first-order chi connectivity index (χ1) is 13.5. The van der Waals surface area contributed by atoms with Gasteiger partial charge in [0.05, 0.1) is 5.39 Å². The van der Waals surface area contributed by atoms with E-state index < -0.39 is 24.5 Å². The number of hydrogen-bond acceptors (Lipinski definition) is 8. The van der Waals surface area contributed by atoms with Crippen molar-refractivity contribution >= 4 is 16.9 Å². The molecule has 2 aliphatic rings. The van der Waals surface area contributed by atoms with Crippen LogP contribution in [-0.2, 0) is 4.74 Å². The van der Waals surface area contributed by atoms with Crippen LogP contribution in [0, 0.1) is 0 Å². The number of anilines is 1. The van der Waals surface area contributed by atoms with Crippen molar-refractivity contribution < 1.29 is 14.9 Å². The van der Waals surface area contributed by atoms with Crippen LogP contribution in [0.15, 0.2) is 18.6 Å². The van der Waals surface area contributed by atoms with Crippen LogP contribution in [0.2, 0.25) is 0 Å². The van der Waals surface area contributed by atoms with Crippen molar-refractivity contribution in [1.29, 1.82) is 0 Å². The van der Waals surface area contributed by atoms with Gasteiger partial charge in [-0.15, -0.1) is 0 Å². The molecule has 4 heterocycles. The second-order valence-electron chi connectivity index (χ2n) is 8.15. The lowest BCUT2D eigenvalue weighted by Crippen LogP contribution is -2.42. The molecule has 2 aliphatic heterocycles. The van der Waals surface area contributed by atoms with Crippen LogP contribution in [0.3, 0.4) is 0 Å². The Morgan fingerprint density at radius 3 is 2.89 bits per heavy atom. The standard InChI is InChI=1S/C19H30N6O3/c1-23(2)8-5-12-4-3-7-24(12)10-14-15(26)16(27)19(28-14)25-9-6-13-17(20)21-11-22-18(13)25/h6,9,11-12,14-16,19,26-27H,3-5,7-8,10H2,1-2H3,(H2,20,21,22)/t12-,14+,15+,16+,19+/m0/s1. The van der Waals surface area contributed by atoms with Gasteiger partial charge in [-0.05, 0) is 52.5 Å². The summed E-state index contributed by atoms with van der Waals surface area (Å²) in [5.74, 6) is 0.383. The third-order valence-corrected chi connectivity index (χ3v) is 5.97. The lowest BCUT2D eigenvalue weighted by molar-refractivity contribution is -0.0452. The maximum absolute atomic E-state index is 10.6. The smallest absolute Gasteiger partial charge is 0.164 e. The van der Waals surface area contributed by atoms with Gasteiger partial charge >= 0.3 is 0 Å². The highest BCUT2D eigenvalue weighted by molar-refractivity contribution is 5.86. The molecular formula is C19H30N6O3. The predicted molar refractivity (Wildman–Crippen MR) is 106 cm³/mol. The molecule has 0 unspecified atom stereocenters. The molecule has 0 spiro atoms. The molecule has 4 rings (SSSR count). The van der Waals surface area contributed by atoms with Gasteiger partial charge in [0.2, 0.25) is 0 Å². The Balaban J connectivity index is 1.48. The zero-order chi connectivity index (χ0) is 19.8. The van der Waals surface area contributed by atoms with E-state index in [-0.39, 0.29) is 0 Å². The fourth-order valence-corrected chi connectivity index (χ4v) is 4.41. The number of aliphatic hydroxyl groups is 2. The molecule has 0 radical (unpaired) electrons. The van der Waals surface area contributed by atoms with E-state index in [0.717, 1.165) is 25.9 Å². The van der Waals surface area contributed by atoms with Crippen LogP contribution in [-0.4, -0.2) is 92.6 Å². The third kappa shape index (κ3) is 3.60. The van der Waals surface area contributed by atoms with Crippen LogP contribution in [0.25, 0.3) is 11.0 Å². The first-order valence-electron chi connectivity index (χ1n) is 9.93. The van der Waals surface area contributed by atoms with Gasteiger partial charge < -0.3 is 30.2 Å². The van der Waals surface area contributed by atoms with E-state index in [2.05, 4.69) is 33.9 Å². The minimum atomic E-state index is -1.03. The summed E-state index contributed by atoms with van der Waals surface area (Å²) in [5.41, 5.74) is 6.50. The minimum Gasteiger partial charge on any atom is -0.387 e. The van der Waals surface area contributed by atoms with E-state index in [4.69, 9.17) is 10.5 Å². The molecule has 0 bridgehead atoms. The number of likely N-dealkylation sites (tertiary alicyclic amines) is 1. The fraction of sp³-hybridized carbons (Fsp3) is 0.684. The summed E-state index contributed by atoms with van der Waals surface area (Å²) >= 11 is 0. The van der Waals surface area contributed by atoms with Crippen LogP contribution in [0.4, 0.5) is 5.82 Å². The van der Waals surface area contributed by atoms with Crippen LogP contribution in [0.1, 0.15) is 25.5 Å². The van der Waals surface area contributed by atoms with Gasteiger partial charge in [-0.25, -0.2) is 9.97 Å². The second-order valence-corrected chi connectivity index (χ2v) is 8.15. The highest BCUT2D eigenvalue weighted by atomic mass is 16.6. The molecule has 28 heavy (non-hydrogen) atoms. The second kappa shape index (κ2) is 7.92. The van der Waals surface area contributed by atoms with E-state index in [9.17, 15) is 10.2 Å². The first kappa shape index (κ1) is 19.5. The SMILES string of the molecule is CN(C)CC[C@@H]1CCCN1C[C@H]1O[C@@H](n2ccc3c(N)ncnc32)[C@H](O)[C@@H]1O. The summed E-state index contributed by atoms with van der Waals surface area (Å²) in [6.07, 6.45) is 3.46. The molecule has 2 fully saturated rings. The van der Waals surface area contributed by atoms with E-state index in [0.29, 0.717) is 29.4 Å². The quantitative estimate of drug-likeness (QED) is 0.634. The lowest BCUT2D eigenvalue weighted by Gasteiger charge is -2.29. The zero-order valence-corrected chi connectivity index (χ0v) is 16.5. The molecule has 2 saturated heterocycles. The monoisotopic (exact) mass is 390 g/mol. The summed E-state index contributed by atoms with van der Waals surface area (Å²) in [5, 5.41) is 22.0. The van der Waals surface area contributed by atoms with E-state index in [1.807, 2.05) is 0 Å². The number of nitrogens with zero attached hydrogens (tertiary/aromatic N) is 5. The predicted octanol–water partition coefficient (Wildman–Crippen LogP) is 0.0488. The van der Waals surface area contributed by atoms with Crippen molar-refractivity contribution in [2.24, 2.45) is 0 Å². The average Bonchev–Trinajstić information content (AvgIpc) is 3.35. The first-order valence-corrected chi connectivity index (χ1v) is 9.93. The van der Waals surface area contributed by atoms with E-state index in [1.54, 1.807) is 16.8 Å². The Morgan fingerprint density at radius 2 is 2.11 bits per heavy atom. The number of aliphatic hydroxyl groups excluding tert-OH is 2. The highest BCUT2D eigenvalue weighted by Gasteiger charge is 2.45. The molecule has 0 amide bonds. The van der Waals surface area contributed by atoms with Gasteiger partial charge in [0, 0.05) is 18.8 Å². The topological polar surface area (TPSA) is 113 Å². The molecule has 0 aliphatic carbocycles. The molecule has 2 aromatic rings. The molecule has 154 valence electrons. The van der Waals surface area contributed by atoms with Gasteiger partial charge in [-0.3, -0.25) is 4.90 Å². The number of ether oxygens (including phenoxy) is 1. The Morgan fingerprint density at radius 1 is 1.29 bits per heavy atom. The lowest BCUT2D eigenvalue weighted by atomic mass is 10.1. The number of nitrogens with two attached hydrogens (primary N) is 1. The third-order valence-electron chi connectivity index (χ3n) is 5.97. The van der Waals surface area contributed by atoms with Crippen molar-refractivity contribution in [2.45, 2.75) is 49.8 Å². The molecule has 2 aromatic heterocycles. The molecule has 4 N–H and O–H groups in total.